The summed E-state index contributed by atoms with van der Waals surface area (Å²) in [6.07, 6.45) is 61.7. The maximum atomic E-state index is 12.9. The number of aliphatic hydroxyl groups excluding tert-OH is 1. The highest BCUT2D eigenvalue weighted by Gasteiger charge is 2.28. The van der Waals surface area contributed by atoms with Gasteiger partial charge in [-0.25, -0.2) is 4.57 Å². The standard InChI is InChI=1S/C62H111O11P/c1-4-7-10-13-16-19-22-25-27-28-29-30-32-35-38-41-44-47-50-53-62(66)73-59(55-69-60(64)51-48-45-42-39-36-34-31-26-23-20-17-14-11-8-5-2)57-71-74(67,68)70-56-58(54-63)72-61(65)52-49-46-43-40-37-33-24-21-18-15-12-9-6-3/h8,11,17,20-21,24-27,31,58-59,63H,4-7,9-10,12-16,18-19,22-23,28-30,32-57H2,1-3H3,(H,67,68)/b11-8-,20-17-,24-21-,27-25-,31-26-. The molecule has 2 N–H and O–H groups in total. The van der Waals surface area contributed by atoms with Crippen LogP contribution in [0.4, 0.5) is 0 Å². The zero-order chi connectivity index (χ0) is 54.1. The van der Waals surface area contributed by atoms with Gasteiger partial charge >= 0.3 is 25.7 Å². The Balaban J connectivity index is 4.73. The van der Waals surface area contributed by atoms with E-state index in [0.717, 1.165) is 109 Å². The third-order valence-electron chi connectivity index (χ3n) is 12.9. The normalized spacial score (nSPS) is 13.7. The quantitative estimate of drug-likeness (QED) is 0.0197. The number of esters is 3. The van der Waals surface area contributed by atoms with Gasteiger partial charge in [-0.2, -0.15) is 0 Å². The molecule has 74 heavy (non-hydrogen) atoms. The lowest BCUT2D eigenvalue weighted by molar-refractivity contribution is -0.161. The maximum absolute atomic E-state index is 12.9. The third kappa shape index (κ3) is 54.0. The Kier molecular flexibility index (Phi) is 54.2. The summed E-state index contributed by atoms with van der Waals surface area (Å²) in [5, 5.41) is 9.81. The van der Waals surface area contributed by atoms with Crippen LogP contribution in [0.25, 0.3) is 0 Å². The van der Waals surface area contributed by atoms with E-state index in [1.54, 1.807) is 0 Å². The lowest BCUT2D eigenvalue weighted by atomic mass is 10.1. The molecule has 3 atom stereocenters. The Morgan fingerprint density at radius 1 is 0.392 bits per heavy atom. The second-order valence-electron chi connectivity index (χ2n) is 20.1. The minimum absolute atomic E-state index is 0.161. The summed E-state index contributed by atoms with van der Waals surface area (Å²) < 4.78 is 39.6. The molecule has 0 saturated heterocycles. The largest absolute Gasteiger partial charge is 0.472 e. The molecule has 0 spiro atoms. The van der Waals surface area contributed by atoms with Gasteiger partial charge in [-0.05, 0) is 103 Å². The summed E-state index contributed by atoms with van der Waals surface area (Å²) in [5.41, 5.74) is 0. The van der Waals surface area contributed by atoms with Crippen molar-refractivity contribution in [2.45, 2.75) is 290 Å². The topological polar surface area (TPSA) is 155 Å². The molecule has 3 unspecified atom stereocenters. The number of carbonyl (C=O) groups excluding carboxylic acids is 3. The van der Waals surface area contributed by atoms with Crippen LogP contribution in [0, 0.1) is 0 Å². The van der Waals surface area contributed by atoms with Gasteiger partial charge in [-0.3, -0.25) is 23.4 Å². The van der Waals surface area contributed by atoms with Gasteiger partial charge in [0.2, 0.25) is 0 Å². The van der Waals surface area contributed by atoms with Crippen LogP contribution in [0.3, 0.4) is 0 Å². The summed E-state index contributed by atoms with van der Waals surface area (Å²) in [6.45, 7) is 4.51. The predicted octanol–water partition coefficient (Wildman–Crippen LogP) is 17.9. The van der Waals surface area contributed by atoms with E-state index in [0.29, 0.717) is 19.3 Å². The fourth-order valence-electron chi connectivity index (χ4n) is 8.30. The Bertz CT molecular complexity index is 1470. The summed E-state index contributed by atoms with van der Waals surface area (Å²) >= 11 is 0. The molecule has 12 heteroatoms. The molecule has 0 aliphatic heterocycles. The molecular weight excluding hydrogens is 952 g/mol. The molecule has 0 heterocycles. The van der Waals surface area contributed by atoms with Gasteiger partial charge in [-0.15, -0.1) is 0 Å². The van der Waals surface area contributed by atoms with Crippen molar-refractivity contribution in [3.05, 3.63) is 60.8 Å². The molecule has 0 aromatic rings. The fourth-order valence-corrected chi connectivity index (χ4v) is 9.09. The first-order valence-electron chi connectivity index (χ1n) is 30.2. The predicted molar refractivity (Wildman–Crippen MR) is 307 cm³/mol. The Morgan fingerprint density at radius 3 is 1.11 bits per heavy atom. The average molecular weight is 1060 g/mol. The SMILES string of the molecule is CC/C=C\C/C=C\C/C=C\CCCCCCCC(=O)OCC(COP(=O)(O)OCC(CO)OC(=O)CCCCCCC/C=C\CCCCCC)OC(=O)CCCCCCCCCCC/C=C\CCCCCCCC. The van der Waals surface area contributed by atoms with Crippen molar-refractivity contribution < 1.29 is 52.2 Å². The molecule has 0 bridgehead atoms. The van der Waals surface area contributed by atoms with Crippen molar-refractivity contribution >= 4 is 25.7 Å². The number of aliphatic hydroxyl groups is 1. The van der Waals surface area contributed by atoms with E-state index < -0.39 is 57.8 Å². The van der Waals surface area contributed by atoms with Crippen molar-refractivity contribution in [2.75, 3.05) is 26.4 Å². The van der Waals surface area contributed by atoms with Crippen molar-refractivity contribution in [3.8, 4) is 0 Å². The average Bonchev–Trinajstić information content (AvgIpc) is 3.39. The van der Waals surface area contributed by atoms with Crippen molar-refractivity contribution in [3.63, 3.8) is 0 Å². The zero-order valence-corrected chi connectivity index (χ0v) is 48.5. The highest BCUT2D eigenvalue weighted by Crippen LogP contribution is 2.43. The van der Waals surface area contributed by atoms with Gasteiger partial charge in [0.15, 0.2) is 6.10 Å². The van der Waals surface area contributed by atoms with Crippen LogP contribution in [0.15, 0.2) is 60.8 Å². The number of phosphoric acid groups is 1. The van der Waals surface area contributed by atoms with E-state index >= 15 is 0 Å². The summed E-state index contributed by atoms with van der Waals surface area (Å²) in [6, 6.07) is 0. The molecule has 0 rings (SSSR count). The minimum Gasteiger partial charge on any atom is -0.462 e. The molecule has 0 fully saturated rings. The van der Waals surface area contributed by atoms with Crippen LogP contribution in [0.2, 0.25) is 0 Å². The second kappa shape index (κ2) is 56.4. The van der Waals surface area contributed by atoms with Crippen LogP contribution in [0.5, 0.6) is 0 Å². The summed E-state index contributed by atoms with van der Waals surface area (Å²) in [7, 11) is -4.75. The van der Waals surface area contributed by atoms with Crippen molar-refractivity contribution in [1.82, 2.24) is 0 Å². The van der Waals surface area contributed by atoms with E-state index in [4.69, 9.17) is 23.3 Å². The van der Waals surface area contributed by atoms with Crippen molar-refractivity contribution in [1.29, 1.82) is 0 Å². The minimum atomic E-state index is -4.75. The molecule has 430 valence electrons. The number of carbonyl (C=O) groups is 3. The highest BCUT2D eigenvalue weighted by atomic mass is 31.2. The maximum Gasteiger partial charge on any atom is 0.472 e. The molecule has 0 saturated carbocycles. The number of ether oxygens (including phenoxy) is 3. The van der Waals surface area contributed by atoms with Crippen LogP contribution in [0.1, 0.15) is 278 Å². The van der Waals surface area contributed by atoms with Crippen LogP contribution >= 0.6 is 7.82 Å². The van der Waals surface area contributed by atoms with Gasteiger partial charge < -0.3 is 24.2 Å². The molecule has 11 nitrogen and oxygen atoms in total. The van der Waals surface area contributed by atoms with Crippen LogP contribution < -0.4 is 0 Å². The molecule has 0 radical (unpaired) electrons. The van der Waals surface area contributed by atoms with E-state index in [9.17, 15) is 28.9 Å². The van der Waals surface area contributed by atoms with Crippen molar-refractivity contribution in [2.24, 2.45) is 0 Å². The molecular formula is C62H111O11P. The Hall–Kier alpha value is -2.82. The van der Waals surface area contributed by atoms with Gasteiger partial charge in [0, 0.05) is 19.3 Å². The van der Waals surface area contributed by atoms with Crippen LogP contribution in [-0.2, 0) is 42.2 Å². The number of unbranched alkanes of at least 4 members (excludes halogenated alkanes) is 29. The highest BCUT2D eigenvalue weighted by molar-refractivity contribution is 7.47. The van der Waals surface area contributed by atoms with Gasteiger partial charge in [-0.1, -0.05) is 216 Å². The Labute approximate surface area is 453 Å². The second-order valence-corrected chi connectivity index (χ2v) is 21.6. The van der Waals surface area contributed by atoms with Gasteiger partial charge in [0.25, 0.3) is 0 Å². The zero-order valence-electron chi connectivity index (χ0n) is 47.6. The van der Waals surface area contributed by atoms with E-state index in [2.05, 4.69) is 81.5 Å². The fraction of sp³-hybridized carbons (Fsp3) is 0.790. The lowest BCUT2D eigenvalue weighted by Gasteiger charge is -2.21. The summed E-state index contributed by atoms with van der Waals surface area (Å²) in [4.78, 5) is 48.6. The first-order valence-corrected chi connectivity index (χ1v) is 31.7. The molecule has 0 aliphatic carbocycles. The van der Waals surface area contributed by atoms with E-state index in [1.165, 1.54) is 109 Å². The number of hydrogen-bond acceptors (Lipinski definition) is 10. The van der Waals surface area contributed by atoms with E-state index in [-0.39, 0.29) is 25.9 Å². The number of hydrogen-bond donors (Lipinski definition) is 2. The number of rotatable bonds is 56. The third-order valence-corrected chi connectivity index (χ3v) is 13.8. The van der Waals surface area contributed by atoms with Gasteiger partial charge in [0.1, 0.15) is 12.7 Å². The number of phosphoric ester groups is 1. The molecule has 0 aromatic carbocycles. The molecule has 0 amide bonds. The summed E-state index contributed by atoms with van der Waals surface area (Å²) in [5.74, 6) is -1.49. The first-order chi connectivity index (χ1) is 36.2. The first kappa shape index (κ1) is 71.2. The van der Waals surface area contributed by atoms with Gasteiger partial charge in [0.05, 0.1) is 19.8 Å². The number of allylic oxidation sites excluding steroid dienone is 10. The smallest absolute Gasteiger partial charge is 0.462 e. The lowest BCUT2D eigenvalue weighted by Crippen LogP contribution is -2.30. The monoisotopic (exact) mass is 1060 g/mol. The Morgan fingerprint density at radius 2 is 0.703 bits per heavy atom. The van der Waals surface area contributed by atoms with Crippen LogP contribution in [-0.4, -0.2) is 66.5 Å². The molecule has 0 aromatic heterocycles. The van der Waals surface area contributed by atoms with E-state index in [1.807, 2.05) is 0 Å². The molecule has 0 aliphatic rings.